The van der Waals surface area contributed by atoms with Crippen LogP contribution in [0.2, 0.25) is 10.0 Å². The molecule has 2 amide bonds. The molecule has 0 aliphatic carbocycles. The third kappa shape index (κ3) is 7.61. The number of amides is 2. The first-order valence-electron chi connectivity index (χ1n) is 10.6. The molecule has 0 aromatic heterocycles. The molecule has 1 atom stereocenters. The van der Waals surface area contributed by atoms with Gasteiger partial charge in [-0.15, -0.1) is 11.8 Å². The molecule has 0 aliphatic heterocycles. The van der Waals surface area contributed by atoms with Crippen molar-refractivity contribution < 1.29 is 14.3 Å². The molecule has 0 saturated heterocycles. The van der Waals surface area contributed by atoms with Crippen LogP contribution in [0.1, 0.15) is 37.8 Å². The summed E-state index contributed by atoms with van der Waals surface area (Å²) >= 11 is 14.2. The SMILES string of the molecule is CCCNC(=O)C(CC)N(Cc1c(Cl)cccc1Cl)C(=O)CSCc1ccc(OC)cc1. The van der Waals surface area contributed by atoms with E-state index in [4.69, 9.17) is 27.9 Å². The van der Waals surface area contributed by atoms with E-state index in [1.165, 1.54) is 11.8 Å². The number of benzene rings is 2. The maximum Gasteiger partial charge on any atom is 0.242 e. The number of carbonyl (C=O) groups excluding carboxylic acids is 2. The molecule has 0 heterocycles. The minimum absolute atomic E-state index is 0.127. The molecule has 2 aromatic carbocycles. The molecule has 2 rings (SSSR count). The van der Waals surface area contributed by atoms with E-state index in [0.29, 0.717) is 34.3 Å². The number of rotatable bonds is 12. The van der Waals surface area contributed by atoms with Crippen LogP contribution >= 0.6 is 35.0 Å². The van der Waals surface area contributed by atoms with E-state index in [1.807, 2.05) is 38.1 Å². The maximum absolute atomic E-state index is 13.3. The highest BCUT2D eigenvalue weighted by molar-refractivity contribution is 7.99. The zero-order valence-electron chi connectivity index (χ0n) is 18.7. The van der Waals surface area contributed by atoms with Crippen molar-refractivity contribution in [2.75, 3.05) is 19.4 Å². The average Bonchev–Trinajstić information content (AvgIpc) is 2.79. The molecule has 2 aromatic rings. The monoisotopic (exact) mass is 496 g/mol. The van der Waals surface area contributed by atoms with Crippen LogP contribution in [-0.2, 0) is 21.9 Å². The van der Waals surface area contributed by atoms with Crippen LogP contribution in [0.15, 0.2) is 42.5 Å². The smallest absolute Gasteiger partial charge is 0.242 e. The van der Waals surface area contributed by atoms with Gasteiger partial charge in [-0.2, -0.15) is 0 Å². The molecule has 174 valence electrons. The van der Waals surface area contributed by atoms with Crippen molar-refractivity contribution in [2.45, 2.75) is 45.0 Å². The first kappa shape index (κ1) is 26.4. The number of hydrogen-bond acceptors (Lipinski definition) is 4. The summed E-state index contributed by atoms with van der Waals surface area (Å²) in [5, 5.41) is 3.86. The van der Waals surface area contributed by atoms with Gasteiger partial charge in [0, 0.05) is 34.5 Å². The van der Waals surface area contributed by atoms with Gasteiger partial charge in [0.05, 0.1) is 12.9 Å². The number of thioether (sulfide) groups is 1. The molecule has 0 aliphatic rings. The summed E-state index contributed by atoms with van der Waals surface area (Å²) in [7, 11) is 1.63. The Labute approximate surface area is 204 Å². The normalized spacial score (nSPS) is 11.7. The quantitative estimate of drug-likeness (QED) is 0.417. The van der Waals surface area contributed by atoms with Crippen molar-refractivity contribution in [3.05, 3.63) is 63.6 Å². The lowest BCUT2D eigenvalue weighted by molar-refractivity contribution is -0.139. The van der Waals surface area contributed by atoms with Crippen molar-refractivity contribution >= 4 is 46.8 Å². The number of ether oxygens (including phenoxy) is 1. The van der Waals surface area contributed by atoms with E-state index in [0.717, 1.165) is 17.7 Å². The van der Waals surface area contributed by atoms with E-state index in [9.17, 15) is 9.59 Å². The molecule has 5 nitrogen and oxygen atoms in total. The van der Waals surface area contributed by atoms with Crippen molar-refractivity contribution in [2.24, 2.45) is 0 Å². The fraction of sp³-hybridized carbons (Fsp3) is 0.417. The Bertz CT molecular complexity index is 873. The van der Waals surface area contributed by atoms with Gasteiger partial charge in [-0.25, -0.2) is 0 Å². The topological polar surface area (TPSA) is 58.6 Å². The maximum atomic E-state index is 13.3. The molecule has 1 N–H and O–H groups in total. The van der Waals surface area contributed by atoms with Crippen molar-refractivity contribution in [1.82, 2.24) is 10.2 Å². The molecule has 1 unspecified atom stereocenters. The van der Waals surface area contributed by atoms with Crippen LogP contribution in [0.25, 0.3) is 0 Å². The van der Waals surface area contributed by atoms with Gasteiger partial charge < -0.3 is 15.0 Å². The summed E-state index contributed by atoms with van der Waals surface area (Å²) in [4.78, 5) is 27.7. The second-order valence-corrected chi connectivity index (χ2v) is 9.08. The lowest BCUT2D eigenvalue weighted by Crippen LogP contribution is -2.49. The second kappa shape index (κ2) is 13.6. The number of nitrogens with zero attached hydrogens (tertiary/aromatic N) is 1. The summed E-state index contributed by atoms with van der Waals surface area (Å²) in [5.74, 6) is 1.42. The lowest BCUT2D eigenvalue weighted by atomic mass is 10.1. The van der Waals surface area contributed by atoms with Crippen LogP contribution in [0.5, 0.6) is 5.75 Å². The van der Waals surface area contributed by atoms with E-state index in [-0.39, 0.29) is 24.1 Å². The van der Waals surface area contributed by atoms with E-state index < -0.39 is 6.04 Å². The van der Waals surface area contributed by atoms with Gasteiger partial charge in [-0.05, 0) is 42.7 Å². The Hall–Kier alpha value is -1.89. The number of hydrogen-bond donors (Lipinski definition) is 1. The van der Waals surface area contributed by atoms with Crippen molar-refractivity contribution in [1.29, 1.82) is 0 Å². The van der Waals surface area contributed by atoms with Crippen LogP contribution in [0.3, 0.4) is 0 Å². The number of nitrogens with one attached hydrogen (secondary N) is 1. The highest BCUT2D eigenvalue weighted by Gasteiger charge is 2.29. The summed E-state index contributed by atoms with van der Waals surface area (Å²) in [5.41, 5.74) is 1.74. The lowest BCUT2D eigenvalue weighted by Gasteiger charge is -2.31. The van der Waals surface area contributed by atoms with Gasteiger partial charge >= 0.3 is 0 Å². The van der Waals surface area contributed by atoms with Gasteiger partial charge in [0.1, 0.15) is 11.8 Å². The van der Waals surface area contributed by atoms with Gasteiger partial charge in [0.15, 0.2) is 0 Å². The van der Waals surface area contributed by atoms with Gasteiger partial charge in [0.2, 0.25) is 11.8 Å². The van der Waals surface area contributed by atoms with E-state index in [1.54, 1.807) is 30.2 Å². The minimum Gasteiger partial charge on any atom is -0.497 e. The Balaban J connectivity index is 2.15. The molecule has 8 heteroatoms. The molecule has 0 saturated carbocycles. The van der Waals surface area contributed by atoms with Crippen molar-refractivity contribution in [3.8, 4) is 5.75 Å². The first-order chi connectivity index (χ1) is 15.4. The zero-order chi connectivity index (χ0) is 23.5. The summed E-state index contributed by atoms with van der Waals surface area (Å²) in [6, 6.07) is 12.4. The number of halogens is 2. The van der Waals surface area contributed by atoms with Gasteiger partial charge in [0.25, 0.3) is 0 Å². The Morgan fingerprint density at radius 2 is 1.75 bits per heavy atom. The van der Waals surface area contributed by atoms with E-state index in [2.05, 4.69) is 5.32 Å². The van der Waals surface area contributed by atoms with Crippen LogP contribution in [-0.4, -0.2) is 42.2 Å². The fourth-order valence-electron chi connectivity index (χ4n) is 3.20. The van der Waals surface area contributed by atoms with Gasteiger partial charge in [-0.3, -0.25) is 9.59 Å². The highest BCUT2D eigenvalue weighted by Crippen LogP contribution is 2.27. The summed E-state index contributed by atoms with van der Waals surface area (Å²) < 4.78 is 5.18. The second-order valence-electron chi connectivity index (χ2n) is 7.28. The summed E-state index contributed by atoms with van der Waals surface area (Å²) in [6.07, 6.45) is 1.32. The van der Waals surface area contributed by atoms with Crippen molar-refractivity contribution in [3.63, 3.8) is 0 Å². The number of carbonyl (C=O) groups is 2. The standard InChI is InChI=1S/C24H30Cl2N2O3S/c1-4-13-27-24(30)22(5-2)28(14-19-20(25)7-6-8-21(19)26)23(29)16-32-15-17-9-11-18(31-3)12-10-17/h6-12,22H,4-5,13-16H2,1-3H3,(H,27,30). The van der Waals surface area contributed by atoms with Crippen LogP contribution in [0.4, 0.5) is 0 Å². The zero-order valence-corrected chi connectivity index (χ0v) is 21.0. The predicted molar refractivity (Wildman–Crippen MR) is 134 cm³/mol. The first-order valence-corrected chi connectivity index (χ1v) is 12.5. The molecular formula is C24H30Cl2N2O3S. The molecule has 0 spiro atoms. The third-order valence-corrected chi connectivity index (χ3v) is 6.68. The number of methoxy groups -OCH3 is 1. The molecular weight excluding hydrogens is 467 g/mol. The Morgan fingerprint density at radius 3 is 2.31 bits per heavy atom. The Kier molecular flexibility index (Phi) is 11.2. The molecule has 0 fully saturated rings. The fourth-order valence-corrected chi connectivity index (χ4v) is 4.59. The summed E-state index contributed by atoms with van der Waals surface area (Å²) in [6.45, 7) is 4.63. The molecule has 0 radical (unpaired) electrons. The average molecular weight is 497 g/mol. The van der Waals surface area contributed by atoms with E-state index >= 15 is 0 Å². The van der Waals surface area contributed by atoms with Crippen LogP contribution < -0.4 is 10.1 Å². The molecule has 32 heavy (non-hydrogen) atoms. The largest absolute Gasteiger partial charge is 0.497 e. The van der Waals surface area contributed by atoms with Gasteiger partial charge in [-0.1, -0.05) is 55.2 Å². The third-order valence-electron chi connectivity index (χ3n) is 4.98. The molecule has 0 bridgehead atoms. The minimum atomic E-state index is -0.594. The predicted octanol–water partition coefficient (Wildman–Crippen LogP) is 5.57. The Morgan fingerprint density at radius 1 is 1.09 bits per heavy atom. The highest BCUT2D eigenvalue weighted by atomic mass is 35.5. The van der Waals surface area contributed by atoms with Crippen LogP contribution in [0, 0.1) is 0 Å².